The minimum absolute atomic E-state index is 0.271. The van der Waals surface area contributed by atoms with Gasteiger partial charge in [0.1, 0.15) is 0 Å². The maximum atomic E-state index is 4.43. The zero-order chi connectivity index (χ0) is 12.3. The average Bonchev–Trinajstić information content (AvgIpc) is 2.76. The molecule has 0 aliphatic heterocycles. The second-order valence-electron chi connectivity index (χ2n) is 4.16. The second kappa shape index (κ2) is 5.10. The number of aryl methyl sites for hydroxylation is 1. The quantitative estimate of drug-likeness (QED) is 0.876. The fourth-order valence-electron chi connectivity index (χ4n) is 1.88. The first-order valence-corrected chi connectivity index (χ1v) is 5.92. The number of nitrogens with one attached hydrogen (secondary N) is 1. The average molecular weight is 230 g/mol. The molecule has 0 aliphatic carbocycles. The van der Waals surface area contributed by atoms with Crippen LogP contribution in [0.5, 0.6) is 0 Å². The van der Waals surface area contributed by atoms with Gasteiger partial charge in [0.25, 0.3) is 0 Å². The van der Waals surface area contributed by atoms with Gasteiger partial charge in [0, 0.05) is 24.0 Å². The van der Waals surface area contributed by atoms with E-state index in [0.717, 1.165) is 23.5 Å². The Labute approximate surface area is 102 Å². The van der Waals surface area contributed by atoms with Gasteiger partial charge in [-0.15, -0.1) is 0 Å². The van der Waals surface area contributed by atoms with Crippen LogP contribution in [0.25, 0.3) is 5.82 Å². The van der Waals surface area contributed by atoms with Crippen molar-refractivity contribution in [1.82, 2.24) is 20.1 Å². The van der Waals surface area contributed by atoms with Gasteiger partial charge in [-0.2, -0.15) is 5.10 Å². The Balaban J connectivity index is 2.40. The van der Waals surface area contributed by atoms with Crippen molar-refractivity contribution in [3.05, 3.63) is 41.9 Å². The first-order chi connectivity index (χ1) is 8.22. The SMILES string of the molecule is CCNC(C)c1cccnc1-n1cc(C)cn1. The molecule has 4 nitrogen and oxygen atoms in total. The molecule has 0 fully saturated rings. The third-order valence-electron chi connectivity index (χ3n) is 2.72. The zero-order valence-electron chi connectivity index (χ0n) is 10.5. The highest BCUT2D eigenvalue weighted by atomic mass is 15.3. The van der Waals surface area contributed by atoms with Gasteiger partial charge in [-0.3, -0.25) is 0 Å². The maximum Gasteiger partial charge on any atom is 0.158 e. The summed E-state index contributed by atoms with van der Waals surface area (Å²) in [4.78, 5) is 4.43. The monoisotopic (exact) mass is 230 g/mol. The van der Waals surface area contributed by atoms with E-state index in [4.69, 9.17) is 0 Å². The van der Waals surface area contributed by atoms with Crippen molar-refractivity contribution in [2.75, 3.05) is 6.54 Å². The van der Waals surface area contributed by atoms with Crippen LogP contribution in [0.2, 0.25) is 0 Å². The number of hydrogen-bond acceptors (Lipinski definition) is 3. The van der Waals surface area contributed by atoms with Crippen molar-refractivity contribution in [3.8, 4) is 5.82 Å². The molecule has 2 aromatic rings. The van der Waals surface area contributed by atoms with Gasteiger partial charge in [0.15, 0.2) is 5.82 Å². The van der Waals surface area contributed by atoms with Crippen LogP contribution in [0.4, 0.5) is 0 Å². The van der Waals surface area contributed by atoms with Crippen LogP contribution in [-0.4, -0.2) is 21.3 Å². The molecule has 1 N–H and O–H groups in total. The number of hydrogen-bond donors (Lipinski definition) is 1. The second-order valence-corrected chi connectivity index (χ2v) is 4.16. The van der Waals surface area contributed by atoms with Crippen LogP contribution in [0, 0.1) is 6.92 Å². The van der Waals surface area contributed by atoms with Crippen molar-refractivity contribution >= 4 is 0 Å². The summed E-state index contributed by atoms with van der Waals surface area (Å²) in [5.74, 6) is 0.897. The van der Waals surface area contributed by atoms with Crippen LogP contribution >= 0.6 is 0 Å². The van der Waals surface area contributed by atoms with E-state index in [-0.39, 0.29) is 6.04 Å². The molecule has 0 amide bonds. The molecule has 0 aliphatic rings. The van der Waals surface area contributed by atoms with Gasteiger partial charge in [0.2, 0.25) is 0 Å². The van der Waals surface area contributed by atoms with Crippen LogP contribution in [0.1, 0.15) is 31.0 Å². The van der Waals surface area contributed by atoms with E-state index in [0.29, 0.717) is 0 Å². The molecule has 0 bridgehead atoms. The summed E-state index contributed by atoms with van der Waals surface area (Å²) in [7, 11) is 0. The Morgan fingerprint density at radius 2 is 2.29 bits per heavy atom. The summed E-state index contributed by atoms with van der Waals surface area (Å²) in [6.07, 6.45) is 5.63. The van der Waals surface area contributed by atoms with Gasteiger partial charge in [0.05, 0.1) is 6.20 Å². The third-order valence-corrected chi connectivity index (χ3v) is 2.72. The van der Waals surface area contributed by atoms with E-state index in [1.165, 1.54) is 0 Å². The molecule has 1 unspecified atom stereocenters. The molecule has 4 heteroatoms. The molecule has 17 heavy (non-hydrogen) atoms. The number of pyridine rings is 1. The van der Waals surface area contributed by atoms with E-state index in [9.17, 15) is 0 Å². The van der Waals surface area contributed by atoms with Gasteiger partial charge in [-0.1, -0.05) is 13.0 Å². The predicted molar refractivity (Wildman–Crippen MR) is 68.2 cm³/mol. The van der Waals surface area contributed by atoms with E-state index in [2.05, 4.69) is 35.3 Å². The van der Waals surface area contributed by atoms with E-state index < -0.39 is 0 Å². The van der Waals surface area contributed by atoms with Crippen molar-refractivity contribution in [1.29, 1.82) is 0 Å². The lowest BCUT2D eigenvalue weighted by molar-refractivity contribution is 0.590. The van der Waals surface area contributed by atoms with Crippen LogP contribution < -0.4 is 5.32 Å². The lowest BCUT2D eigenvalue weighted by Crippen LogP contribution is -2.20. The van der Waals surface area contributed by atoms with Crippen molar-refractivity contribution in [2.45, 2.75) is 26.8 Å². The number of nitrogens with zero attached hydrogens (tertiary/aromatic N) is 3. The van der Waals surface area contributed by atoms with E-state index >= 15 is 0 Å². The molecule has 2 heterocycles. The zero-order valence-corrected chi connectivity index (χ0v) is 10.5. The molecule has 1 atom stereocenters. The summed E-state index contributed by atoms with van der Waals surface area (Å²) in [6, 6.07) is 4.32. The van der Waals surface area contributed by atoms with Crippen molar-refractivity contribution < 1.29 is 0 Å². The Morgan fingerprint density at radius 1 is 1.47 bits per heavy atom. The first kappa shape index (κ1) is 11.8. The molecule has 0 radical (unpaired) electrons. The highest BCUT2D eigenvalue weighted by molar-refractivity contribution is 5.35. The van der Waals surface area contributed by atoms with Crippen LogP contribution in [0.3, 0.4) is 0 Å². The highest BCUT2D eigenvalue weighted by Gasteiger charge is 2.12. The van der Waals surface area contributed by atoms with Gasteiger partial charge >= 0.3 is 0 Å². The van der Waals surface area contributed by atoms with Gasteiger partial charge in [-0.25, -0.2) is 9.67 Å². The number of rotatable bonds is 4. The largest absolute Gasteiger partial charge is 0.310 e. The third kappa shape index (κ3) is 2.53. The Morgan fingerprint density at radius 3 is 2.94 bits per heavy atom. The molecule has 0 spiro atoms. The van der Waals surface area contributed by atoms with E-state index in [1.54, 1.807) is 6.20 Å². The minimum Gasteiger partial charge on any atom is -0.310 e. The lowest BCUT2D eigenvalue weighted by Gasteiger charge is -2.15. The number of aromatic nitrogens is 3. The lowest BCUT2D eigenvalue weighted by atomic mass is 10.1. The van der Waals surface area contributed by atoms with Crippen molar-refractivity contribution in [2.24, 2.45) is 0 Å². The van der Waals surface area contributed by atoms with Gasteiger partial charge < -0.3 is 5.32 Å². The Kier molecular flexibility index (Phi) is 3.54. The minimum atomic E-state index is 0.271. The normalized spacial score (nSPS) is 12.6. The summed E-state index contributed by atoms with van der Waals surface area (Å²) < 4.78 is 1.83. The topological polar surface area (TPSA) is 42.7 Å². The predicted octanol–water partition coefficient (Wildman–Crippen LogP) is 2.25. The molecule has 0 saturated heterocycles. The molecule has 2 aromatic heterocycles. The summed E-state index contributed by atoms with van der Waals surface area (Å²) in [6.45, 7) is 7.21. The summed E-state index contributed by atoms with van der Waals surface area (Å²) >= 11 is 0. The fraction of sp³-hybridized carbons (Fsp3) is 0.385. The highest BCUT2D eigenvalue weighted by Crippen LogP contribution is 2.18. The smallest absolute Gasteiger partial charge is 0.158 e. The Hall–Kier alpha value is -1.68. The molecule has 0 saturated carbocycles. The first-order valence-electron chi connectivity index (χ1n) is 5.92. The Bertz CT molecular complexity index is 490. The molecular formula is C13H18N4. The van der Waals surface area contributed by atoms with Gasteiger partial charge in [-0.05, 0) is 32.0 Å². The van der Waals surface area contributed by atoms with Crippen LogP contribution in [0.15, 0.2) is 30.7 Å². The summed E-state index contributed by atoms with van der Waals surface area (Å²) in [5.41, 5.74) is 2.30. The maximum absolute atomic E-state index is 4.43. The fourth-order valence-corrected chi connectivity index (χ4v) is 1.88. The van der Waals surface area contributed by atoms with Crippen LogP contribution in [-0.2, 0) is 0 Å². The van der Waals surface area contributed by atoms with Crippen molar-refractivity contribution in [3.63, 3.8) is 0 Å². The van der Waals surface area contributed by atoms with E-state index in [1.807, 2.05) is 30.1 Å². The molecule has 0 aromatic carbocycles. The standard InChI is InChI=1S/C13H18N4/c1-4-14-11(3)12-6-5-7-15-13(12)17-9-10(2)8-16-17/h5-9,11,14H,4H2,1-3H3. The molecular weight excluding hydrogens is 212 g/mol. The molecule has 90 valence electrons. The molecule has 2 rings (SSSR count). The summed E-state index contributed by atoms with van der Waals surface area (Å²) in [5, 5.41) is 7.71.